The van der Waals surface area contributed by atoms with Gasteiger partial charge in [0, 0.05) is 18.2 Å². The van der Waals surface area contributed by atoms with Crippen molar-refractivity contribution in [2.75, 3.05) is 34.2 Å². The Hall–Kier alpha value is -4.23. The third-order valence-corrected chi connectivity index (χ3v) is 8.29. The summed E-state index contributed by atoms with van der Waals surface area (Å²) in [6.07, 6.45) is 0.198. The van der Waals surface area contributed by atoms with Crippen LogP contribution in [0.25, 0.3) is 0 Å². The van der Waals surface area contributed by atoms with Crippen LogP contribution in [0.2, 0.25) is 0 Å². The van der Waals surface area contributed by atoms with E-state index in [0.29, 0.717) is 17.1 Å². The van der Waals surface area contributed by atoms with Crippen LogP contribution in [-0.4, -0.2) is 64.4 Å². The van der Waals surface area contributed by atoms with E-state index in [1.54, 1.807) is 31.9 Å². The Morgan fingerprint density at radius 3 is 1.93 bits per heavy atom. The van der Waals surface area contributed by atoms with Crippen LogP contribution in [0.5, 0.6) is 17.5 Å². The van der Waals surface area contributed by atoms with Gasteiger partial charge in [-0.05, 0) is 47.9 Å². The van der Waals surface area contributed by atoms with Gasteiger partial charge in [0.25, 0.3) is 15.7 Å². The quantitative estimate of drug-likeness (QED) is 0.165. The smallest absolute Gasteiger partial charge is 0.301 e. The predicted molar refractivity (Wildman–Crippen MR) is 166 cm³/mol. The molecule has 0 amide bonds. The fourth-order valence-electron chi connectivity index (χ4n) is 5.54. The standard InChI is InChI=1S/C33H36N2O9S/c1-22-20-35(32(41-4)34-31(22)36)30-19-28(44-45(5,37)38)29(43-30)21-42-33(23-9-7-6-8-10-23,24-11-15-26(39-2)16-12-24)25-13-17-27(40-3)18-14-25/h6-18,20,28-30H,19,21H2,1-5H3/t28-,29+,30+/m0/s1. The van der Waals surface area contributed by atoms with Gasteiger partial charge in [0.05, 0.1) is 34.2 Å². The summed E-state index contributed by atoms with van der Waals surface area (Å²) in [7, 11) is 0.725. The zero-order valence-electron chi connectivity index (χ0n) is 25.7. The largest absolute Gasteiger partial charge is 0.497 e. The minimum Gasteiger partial charge on any atom is -0.497 e. The molecule has 0 radical (unpaired) electrons. The predicted octanol–water partition coefficient (Wildman–Crippen LogP) is 4.22. The van der Waals surface area contributed by atoms with Crippen molar-refractivity contribution in [1.82, 2.24) is 9.55 Å². The fourth-order valence-corrected chi connectivity index (χ4v) is 6.19. The number of benzene rings is 3. The van der Waals surface area contributed by atoms with E-state index in [2.05, 4.69) is 4.98 Å². The van der Waals surface area contributed by atoms with Gasteiger partial charge in [-0.15, -0.1) is 0 Å². The lowest BCUT2D eigenvalue weighted by molar-refractivity contribution is -0.0915. The number of ether oxygens (including phenoxy) is 5. The molecule has 0 unspecified atom stereocenters. The third-order valence-electron chi connectivity index (χ3n) is 7.70. The summed E-state index contributed by atoms with van der Waals surface area (Å²) in [5, 5.41) is 0. The van der Waals surface area contributed by atoms with Crippen molar-refractivity contribution in [2.24, 2.45) is 0 Å². The van der Waals surface area contributed by atoms with Crippen LogP contribution in [0.15, 0.2) is 89.9 Å². The van der Waals surface area contributed by atoms with Gasteiger partial charge in [0.15, 0.2) is 0 Å². The van der Waals surface area contributed by atoms with Gasteiger partial charge in [-0.3, -0.25) is 13.5 Å². The minimum atomic E-state index is -3.87. The van der Waals surface area contributed by atoms with Crippen molar-refractivity contribution in [3.8, 4) is 17.5 Å². The zero-order valence-corrected chi connectivity index (χ0v) is 26.5. The topological polar surface area (TPSA) is 124 Å². The van der Waals surface area contributed by atoms with E-state index in [0.717, 1.165) is 22.9 Å². The van der Waals surface area contributed by atoms with Gasteiger partial charge in [-0.2, -0.15) is 13.4 Å². The van der Waals surface area contributed by atoms with Crippen LogP contribution >= 0.6 is 0 Å². The van der Waals surface area contributed by atoms with Crippen LogP contribution in [0.1, 0.15) is 34.9 Å². The molecule has 0 aliphatic carbocycles. The second-order valence-electron chi connectivity index (χ2n) is 10.6. The second-order valence-corrected chi connectivity index (χ2v) is 12.2. The Morgan fingerprint density at radius 2 is 1.42 bits per heavy atom. The van der Waals surface area contributed by atoms with E-state index in [4.69, 9.17) is 27.9 Å². The molecule has 11 nitrogen and oxygen atoms in total. The molecule has 5 rings (SSSR count). The second kappa shape index (κ2) is 13.4. The lowest BCUT2D eigenvalue weighted by Gasteiger charge is -2.37. The Kier molecular flexibility index (Phi) is 9.59. The highest BCUT2D eigenvalue weighted by atomic mass is 32.2. The highest BCUT2D eigenvalue weighted by Crippen LogP contribution is 2.43. The molecule has 45 heavy (non-hydrogen) atoms. The maximum atomic E-state index is 12.4. The first-order chi connectivity index (χ1) is 21.6. The molecule has 12 heteroatoms. The first-order valence-electron chi connectivity index (χ1n) is 14.2. The molecule has 1 saturated heterocycles. The highest BCUT2D eigenvalue weighted by Gasteiger charge is 2.44. The number of methoxy groups -OCH3 is 3. The number of aryl methyl sites for hydroxylation is 1. The average molecular weight is 637 g/mol. The third kappa shape index (κ3) is 6.89. The van der Waals surface area contributed by atoms with Gasteiger partial charge >= 0.3 is 6.01 Å². The number of aromatic nitrogens is 2. The molecule has 1 aromatic heterocycles. The summed E-state index contributed by atoms with van der Waals surface area (Å²) in [4.78, 5) is 16.2. The molecule has 1 aliphatic rings. The first-order valence-corrected chi connectivity index (χ1v) is 16.1. The number of nitrogens with zero attached hydrogens (tertiary/aromatic N) is 2. The van der Waals surface area contributed by atoms with Crippen LogP contribution in [-0.2, 0) is 29.4 Å². The maximum Gasteiger partial charge on any atom is 0.301 e. The SMILES string of the molecule is COc1ccc(C(OC[C@H]2O[C@@H](n3cc(C)c(=O)nc3OC)C[C@@H]2OS(C)(=O)=O)(c2ccccc2)c2ccc(OC)cc2)cc1. The van der Waals surface area contributed by atoms with Gasteiger partial charge in [0.1, 0.15) is 35.5 Å². The Morgan fingerprint density at radius 1 is 0.867 bits per heavy atom. The number of hydrogen-bond donors (Lipinski definition) is 0. The Balaban J connectivity index is 1.59. The lowest BCUT2D eigenvalue weighted by atomic mass is 9.80. The van der Waals surface area contributed by atoms with Gasteiger partial charge in [0.2, 0.25) is 0 Å². The minimum absolute atomic E-state index is 0.0328. The summed E-state index contributed by atoms with van der Waals surface area (Å²) >= 11 is 0. The average Bonchev–Trinajstić information content (AvgIpc) is 3.44. The summed E-state index contributed by atoms with van der Waals surface area (Å²) in [5.41, 5.74) is 1.22. The molecule has 0 saturated carbocycles. The summed E-state index contributed by atoms with van der Waals surface area (Å²) in [6, 6.07) is 24.9. The molecule has 3 aromatic carbocycles. The molecule has 2 heterocycles. The molecule has 0 spiro atoms. The van der Waals surface area contributed by atoms with Crippen molar-refractivity contribution in [2.45, 2.75) is 37.4 Å². The van der Waals surface area contributed by atoms with Crippen LogP contribution < -0.4 is 19.8 Å². The molecule has 0 bridgehead atoms. The monoisotopic (exact) mass is 636 g/mol. The molecule has 4 aromatic rings. The van der Waals surface area contributed by atoms with Crippen LogP contribution in [0.3, 0.4) is 0 Å². The number of hydrogen-bond acceptors (Lipinski definition) is 10. The van der Waals surface area contributed by atoms with E-state index in [1.807, 2.05) is 78.9 Å². The fraction of sp³-hybridized carbons (Fsp3) is 0.333. The summed E-state index contributed by atoms with van der Waals surface area (Å²) in [6.45, 7) is 1.56. The van der Waals surface area contributed by atoms with Crippen LogP contribution in [0, 0.1) is 6.92 Å². The molecule has 0 N–H and O–H groups in total. The first kappa shape index (κ1) is 32.2. The normalized spacial score (nSPS) is 18.5. The number of rotatable bonds is 12. The summed E-state index contributed by atoms with van der Waals surface area (Å²) < 4.78 is 61.4. The maximum absolute atomic E-state index is 12.4. The van der Waals surface area contributed by atoms with Crippen molar-refractivity contribution in [3.05, 3.63) is 118 Å². The van der Waals surface area contributed by atoms with E-state index in [9.17, 15) is 13.2 Å². The van der Waals surface area contributed by atoms with E-state index >= 15 is 0 Å². The van der Waals surface area contributed by atoms with Crippen molar-refractivity contribution < 1.29 is 36.3 Å². The molecule has 1 fully saturated rings. The Bertz CT molecular complexity index is 1710. The zero-order chi connectivity index (χ0) is 32.2. The molecular weight excluding hydrogens is 600 g/mol. The van der Waals surface area contributed by atoms with Gasteiger partial charge < -0.3 is 23.7 Å². The van der Waals surface area contributed by atoms with E-state index in [-0.39, 0.29) is 19.0 Å². The van der Waals surface area contributed by atoms with E-state index < -0.39 is 39.7 Å². The van der Waals surface area contributed by atoms with Crippen LogP contribution in [0.4, 0.5) is 0 Å². The highest BCUT2D eigenvalue weighted by molar-refractivity contribution is 7.86. The Labute approximate surface area is 262 Å². The van der Waals surface area contributed by atoms with Gasteiger partial charge in [-0.1, -0.05) is 54.6 Å². The van der Waals surface area contributed by atoms with Gasteiger partial charge in [-0.25, -0.2) is 0 Å². The molecule has 1 aliphatic heterocycles. The lowest BCUT2D eigenvalue weighted by Crippen LogP contribution is -2.39. The van der Waals surface area contributed by atoms with E-state index in [1.165, 1.54) is 7.11 Å². The van der Waals surface area contributed by atoms with Crippen molar-refractivity contribution >= 4 is 10.1 Å². The van der Waals surface area contributed by atoms with Crippen molar-refractivity contribution in [1.29, 1.82) is 0 Å². The molecular formula is C33H36N2O9S. The summed E-state index contributed by atoms with van der Waals surface area (Å²) in [5.74, 6) is 1.36. The van der Waals surface area contributed by atoms with Crippen molar-refractivity contribution in [3.63, 3.8) is 0 Å². The molecule has 238 valence electrons. The molecule has 3 atom stereocenters.